The van der Waals surface area contributed by atoms with E-state index in [1.54, 1.807) is 14.0 Å². The predicted octanol–water partition coefficient (Wildman–Crippen LogP) is 1.14. The second kappa shape index (κ2) is 7.85. The maximum absolute atomic E-state index is 12.3. The second-order valence-electron chi connectivity index (χ2n) is 5.99. The highest BCUT2D eigenvalue weighted by molar-refractivity contribution is 5.87. The van der Waals surface area contributed by atoms with E-state index >= 15 is 0 Å². The van der Waals surface area contributed by atoms with Gasteiger partial charge in [-0.2, -0.15) is 0 Å². The second-order valence-corrected chi connectivity index (χ2v) is 5.99. The fourth-order valence-corrected chi connectivity index (χ4v) is 1.76. The first kappa shape index (κ1) is 19.2. The van der Waals surface area contributed by atoms with Gasteiger partial charge in [-0.25, -0.2) is 4.79 Å². The van der Waals surface area contributed by atoms with E-state index < -0.39 is 23.6 Å². The van der Waals surface area contributed by atoms with Gasteiger partial charge in [-0.3, -0.25) is 9.59 Å². The van der Waals surface area contributed by atoms with Crippen molar-refractivity contribution in [1.29, 1.82) is 0 Å². The Morgan fingerprint density at radius 1 is 1.24 bits per heavy atom. The number of carbonyl (C=O) groups excluding carboxylic acids is 2. The molecule has 0 aliphatic carbocycles. The van der Waals surface area contributed by atoms with Crippen molar-refractivity contribution in [3.63, 3.8) is 0 Å². The molecule has 0 spiro atoms. The lowest BCUT2D eigenvalue weighted by Gasteiger charge is -2.36. The van der Waals surface area contributed by atoms with E-state index in [1.165, 1.54) is 9.80 Å². The van der Waals surface area contributed by atoms with Crippen molar-refractivity contribution in [1.82, 2.24) is 15.1 Å². The minimum Gasteiger partial charge on any atom is -0.481 e. The van der Waals surface area contributed by atoms with E-state index in [9.17, 15) is 14.4 Å². The molecule has 3 amide bonds. The molecule has 0 aliphatic heterocycles. The summed E-state index contributed by atoms with van der Waals surface area (Å²) in [5.74, 6) is -1.15. The van der Waals surface area contributed by atoms with Crippen LogP contribution in [0.2, 0.25) is 0 Å². The normalized spacial score (nSPS) is 12.5. The monoisotopic (exact) mass is 301 g/mol. The molecule has 0 rings (SSSR count). The number of carboxylic acid groups (broad SMARTS) is 1. The van der Waals surface area contributed by atoms with Gasteiger partial charge in [-0.15, -0.1) is 0 Å². The first-order valence-corrected chi connectivity index (χ1v) is 7.05. The number of amides is 3. The molecule has 0 fully saturated rings. The standard InChI is InChI=1S/C14H27N3O4/c1-7-16(6)12(20)10(2)15-13(21)17(14(3,4)5)9-8-11(18)19/h10H,7-9H2,1-6H3,(H,15,21)(H,18,19). The molecule has 0 heterocycles. The van der Waals surface area contributed by atoms with Crippen LogP contribution in [0.4, 0.5) is 4.79 Å². The number of hydrogen-bond donors (Lipinski definition) is 2. The van der Waals surface area contributed by atoms with Crippen molar-refractivity contribution < 1.29 is 19.5 Å². The molecule has 0 aromatic rings. The molecule has 1 unspecified atom stereocenters. The molecule has 122 valence electrons. The molecular weight excluding hydrogens is 274 g/mol. The van der Waals surface area contributed by atoms with Crippen LogP contribution in [0.5, 0.6) is 0 Å². The van der Waals surface area contributed by atoms with Crippen LogP contribution in [-0.2, 0) is 9.59 Å². The molecule has 1 atom stereocenters. The van der Waals surface area contributed by atoms with Gasteiger partial charge in [0.25, 0.3) is 0 Å². The van der Waals surface area contributed by atoms with E-state index in [0.29, 0.717) is 6.54 Å². The Labute approximate surface area is 126 Å². The minimum atomic E-state index is -0.966. The zero-order valence-electron chi connectivity index (χ0n) is 13.8. The van der Waals surface area contributed by atoms with Crippen molar-refractivity contribution in [3.05, 3.63) is 0 Å². The molecule has 0 aromatic heterocycles. The van der Waals surface area contributed by atoms with E-state index in [-0.39, 0.29) is 18.9 Å². The highest BCUT2D eigenvalue weighted by atomic mass is 16.4. The van der Waals surface area contributed by atoms with E-state index in [4.69, 9.17) is 5.11 Å². The number of rotatable bonds is 6. The number of carboxylic acids is 1. The zero-order chi connectivity index (χ0) is 16.8. The Balaban J connectivity index is 4.82. The average molecular weight is 301 g/mol. The molecular formula is C14H27N3O4. The molecule has 21 heavy (non-hydrogen) atoms. The third kappa shape index (κ3) is 6.46. The number of nitrogens with one attached hydrogen (secondary N) is 1. The molecule has 2 N–H and O–H groups in total. The van der Waals surface area contributed by atoms with Gasteiger partial charge in [-0.05, 0) is 34.6 Å². The smallest absolute Gasteiger partial charge is 0.318 e. The third-order valence-electron chi connectivity index (χ3n) is 3.17. The van der Waals surface area contributed by atoms with Gasteiger partial charge in [0.2, 0.25) is 5.91 Å². The average Bonchev–Trinajstić information content (AvgIpc) is 2.34. The van der Waals surface area contributed by atoms with Gasteiger partial charge in [0.05, 0.1) is 6.42 Å². The van der Waals surface area contributed by atoms with Crippen molar-refractivity contribution in [3.8, 4) is 0 Å². The minimum absolute atomic E-state index is 0.0925. The summed E-state index contributed by atoms with van der Waals surface area (Å²) >= 11 is 0. The Morgan fingerprint density at radius 2 is 1.76 bits per heavy atom. The SMILES string of the molecule is CCN(C)C(=O)C(C)NC(=O)N(CCC(=O)O)C(C)(C)C. The number of likely N-dealkylation sites (N-methyl/N-ethyl adjacent to an activating group) is 1. The molecule has 0 aliphatic rings. The fraction of sp³-hybridized carbons (Fsp3) is 0.786. The zero-order valence-corrected chi connectivity index (χ0v) is 13.8. The van der Waals surface area contributed by atoms with Gasteiger partial charge in [0.1, 0.15) is 6.04 Å². The van der Waals surface area contributed by atoms with Crippen molar-refractivity contribution in [2.45, 2.75) is 52.6 Å². The van der Waals surface area contributed by atoms with Gasteiger partial charge in [0, 0.05) is 25.7 Å². The summed E-state index contributed by atoms with van der Waals surface area (Å²) in [6.45, 7) is 9.57. The largest absolute Gasteiger partial charge is 0.481 e. The number of urea groups is 1. The molecule has 0 saturated heterocycles. The molecule has 7 heteroatoms. The van der Waals surface area contributed by atoms with Crippen molar-refractivity contribution in [2.75, 3.05) is 20.1 Å². The predicted molar refractivity (Wildman–Crippen MR) is 80.0 cm³/mol. The Morgan fingerprint density at radius 3 is 2.14 bits per heavy atom. The van der Waals surface area contributed by atoms with E-state index in [1.807, 2.05) is 27.7 Å². The molecule has 0 bridgehead atoms. The van der Waals surface area contributed by atoms with E-state index in [0.717, 1.165) is 0 Å². The quantitative estimate of drug-likeness (QED) is 0.769. The van der Waals surface area contributed by atoms with Crippen LogP contribution in [-0.4, -0.2) is 64.5 Å². The summed E-state index contributed by atoms with van der Waals surface area (Å²) in [5, 5.41) is 11.4. The van der Waals surface area contributed by atoms with Gasteiger partial charge in [0.15, 0.2) is 0 Å². The Hall–Kier alpha value is -1.79. The first-order chi connectivity index (χ1) is 9.50. The molecule has 0 radical (unpaired) electrons. The summed E-state index contributed by atoms with van der Waals surface area (Å²) < 4.78 is 0. The summed E-state index contributed by atoms with van der Waals surface area (Å²) in [6.07, 6.45) is -0.137. The summed E-state index contributed by atoms with van der Waals surface area (Å²) in [4.78, 5) is 37.9. The van der Waals surface area contributed by atoms with Crippen LogP contribution < -0.4 is 5.32 Å². The lowest BCUT2D eigenvalue weighted by Crippen LogP contribution is -2.55. The summed E-state index contributed by atoms with van der Waals surface area (Å²) in [6, 6.07) is -1.09. The van der Waals surface area contributed by atoms with Gasteiger partial charge in [-0.1, -0.05) is 0 Å². The van der Waals surface area contributed by atoms with Crippen molar-refractivity contribution >= 4 is 17.9 Å². The molecule has 0 saturated carbocycles. The van der Waals surface area contributed by atoms with Crippen LogP contribution in [0.15, 0.2) is 0 Å². The highest BCUT2D eigenvalue weighted by Crippen LogP contribution is 2.14. The Bertz CT molecular complexity index is 390. The van der Waals surface area contributed by atoms with E-state index in [2.05, 4.69) is 5.32 Å². The number of carbonyl (C=O) groups is 3. The first-order valence-electron chi connectivity index (χ1n) is 7.05. The third-order valence-corrected chi connectivity index (χ3v) is 3.17. The van der Waals surface area contributed by atoms with Crippen LogP contribution >= 0.6 is 0 Å². The number of aliphatic carboxylic acids is 1. The Kier molecular flexibility index (Phi) is 7.18. The lowest BCUT2D eigenvalue weighted by atomic mass is 10.1. The maximum Gasteiger partial charge on any atom is 0.318 e. The van der Waals surface area contributed by atoms with Crippen molar-refractivity contribution in [2.24, 2.45) is 0 Å². The summed E-state index contributed by atoms with van der Waals surface area (Å²) in [5.41, 5.74) is -0.529. The maximum atomic E-state index is 12.3. The fourth-order valence-electron chi connectivity index (χ4n) is 1.76. The van der Waals surface area contributed by atoms with Gasteiger partial charge >= 0.3 is 12.0 Å². The van der Waals surface area contributed by atoms with Crippen LogP contribution in [0, 0.1) is 0 Å². The van der Waals surface area contributed by atoms with Crippen LogP contribution in [0.3, 0.4) is 0 Å². The topological polar surface area (TPSA) is 90.0 Å². The van der Waals surface area contributed by atoms with Crippen LogP contribution in [0.25, 0.3) is 0 Å². The van der Waals surface area contributed by atoms with Gasteiger partial charge < -0.3 is 20.2 Å². The summed E-state index contributed by atoms with van der Waals surface area (Å²) in [7, 11) is 1.66. The lowest BCUT2D eigenvalue weighted by molar-refractivity contribution is -0.137. The van der Waals surface area contributed by atoms with Crippen LogP contribution in [0.1, 0.15) is 41.0 Å². The molecule has 0 aromatic carbocycles. The number of nitrogens with zero attached hydrogens (tertiary/aromatic N) is 2. The molecule has 7 nitrogen and oxygen atoms in total. The highest BCUT2D eigenvalue weighted by Gasteiger charge is 2.29. The number of hydrogen-bond acceptors (Lipinski definition) is 3.